The monoisotopic (exact) mass is 474 g/mol. The molecule has 0 amide bonds. The lowest BCUT2D eigenvalue weighted by Crippen LogP contribution is -2.14. The Morgan fingerprint density at radius 3 is 2.29 bits per heavy atom. The van der Waals surface area contributed by atoms with Crippen LogP contribution >= 0.6 is 11.8 Å². The standard InChI is InChI=1S/C27H26N2O4S/c1-18-10-13-22(14-11-18)34-26-19(2)28-29(21-8-6-5-7-9-21)27(26)33-25(30)17-20-12-15-23(31-3)24(16-20)32-4/h5-16H,17H2,1-4H3. The minimum absolute atomic E-state index is 0.0774. The summed E-state index contributed by atoms with van der Waals surface area (Å²) in [7, 11) is 3.14. The molecule has 1 heterocycles. The van der Waals surface area contributed by atoms with Gasteiger partial charge in [0.15, 0.2) is 11.5 Å². The summed E-state index contributed by atoms with van der Waals surface area (Å²) < 4.78 is 18.3. The number of nitrogens with zero attached hydrogens (tertiary/aromatic N) is 2. The summed E-state index contributed by atoms with van der Waals surface area (Å²) in [6.07, 6.45) is 0.0774. The molecule has 0 N–H and O–H groups in total. The number of benzene rings is 3. The molecule has 6 nitrogen and oxygen atoms in total. The van der Waals surface area contributed by atoms with Crippen molar-refractivity contribution in [2.24, 2.45) is 0 Å². The van der Waals surface area contributed by atoms with E-state index in [0.717, 1.165) is 26.7 Å². The van der Waals surface area contributed by atoms with E-state index in [-0.39, 0.29) is 6.42 Å². The smallest absolute Gasteiger partial charge is 0.317 e. The molecule has 174 valence electrons. The highest BCUT2D eigenvalue weighted by molar-refractivity contribution is 7.99. The first kappa shape index (κ1) is 23.4. The van der Waals surface area contributed by atoms with Crippen LogP contribution in [0.3, 0.4) is 0 Å². The first-order chi connectivity index (χ1) is 16.5. The van der Waals surface area contributed by atoms with E-state index < -0.39 is 5.97 Å². The summed E-state index contributed by atoms with van der Waals surface area (Å²) in [6.45, 7) is 3.97. The van der Waals surface area contributed by atoms with Crippen molar-refractivity contribution in [1.29, 1.82) is 0 Å². The number of aromatic nitrogens is 2. The minimum atomic E-state index is -0.393. The number of aryl methyl sites for hydroxylation is 2. The average molecular weight is 475 g/mol. The summed E-state index contributed by atoms with van der Waals surface area (Å²) in [5, 5.41) is 4.69. The van der Waals surface area contributed by atoms with Crippen LogP contribution in [0.2, 0.25) is 0 Å². The van der Waals surface area contributed by atoms with Crippen LogP contribution in [-0.2, 0) is 11.2 Å². The zero-order chi connectivity index (χ0) is 24.1. The summed E-state index contributed by atoms with van der Waals surface area (Å²) in [4.78, 5) is 14.9. The van der Waals surface area contributed by atoms with Crippen LogP contribution in [0, 0.1) is 13.8 Å². The summed E-state index contributed by atoms with van der Waals surface area (Å²) >= 11 is 1.53. The molecule has 0 fully saturated rings. The Labute approximate surface area is 203 Å². The van der Waals surface area contributed by atoms with Crippen molar-refractivity contribution in [3.8, 4) is 23.1 Å². The molecule has 3 aromatic carbocycles. The molecule has 0 atom stereocenters. The van der Waals surface area contributed by atoms with Crippen LogP contribution in [0.25, 0.3) is 5.69 Å². The lowest BCUT2D eigenvalue weighted by atomic mass is 10.1. The molecule has 0 aliphatic rings. The molecular formula is C27H26N2O4S. The van der Waals surface area contributed by atoms with E-state index in [1.165, 1.54) is 17.3 Å². The zero-order valence-electron chi connectivity index (χ0n) is 19.6. The number of esters is 1. The van der Waals surface area contributed by atoms with Gasteiger partial charge in [-0.2, -0.15) is 9.78 Å². The highest BCUT2D eigenvalue weighted by Gasteiger charge is 2.22. The predicted molar refractivity (Wildman–Crippen MR) is 132 cm³/mol. The third kappa shape index (κ3) is 5.26. The van der Waals surface area contributed by atoms with E-state index in [9.17, 15) is 4.79 Å². The number of hydrogen-bond donors (Lipinski definition) is 0. The van der Waals surface area contributed by atoms with Crippen LogP contribution in [0.1, 0.15) is 16.8 Å². The van der Waals surface area contributed by atoms with Crippen molar-refractivity contribution in [1.82, 2.24) is 9.78 Å². The first-order valence-corrected chi connectivity index (χ1v) is 11.6. The second-order valence-electron chi connectivity index (χ2n) is 7.72. The maximum absolute atomic E-state index is 13.0. The van der Waals surface area contributed by atoms with Crippen LogP contribution < -0.4 is 14.2 Å². The average Bonchev–Trinajstić information content (AvgIpc) is 3.15. The fourth-order valence-electron chi connectivity index (χ4n) is 3.47. The largest absolute Gasteiger partial charge is 0.493 e. The third-order valence-electron chi connectivity index (χ3n) is 5.21. The molecule has 4 rings (SSSR count). The van der Waals surface area contributed by atoms with Gasteiger partial charge in [0, 0.05) is 4.90 Å². The third-order valence-corrected chi connectivity index (χ3v) is 6.40. The zero-order valence-corrected chi connectivity index (χ0v) is 20.4. The molecule has 0 radical (unpaired) electrons. The molecule has 1 aromatic heterocycles. The number of carbonyl (C=O) groups is 1. The number of carbonyl (C=O) groups excluding carboxylic acids is 1. The quantitative estimate of drug-likeness (QED) is 0.301. The molecule has 4 aromatic rings. The van der Waals surface area contributed by atoms with E-state index in [4.69, 9.17) is 14.2 Å². The maximum atomic E-state index is 13.0. The van der Waals surface area contributed by atoms with Gasteiger partial charge in [-0.05, 0) is 55.8 Å². The number of hydrogen-bond acceptors (Lipinski definition) is 6. The van der Waals surface area contributed by atoms with Gasteiger partial charge in [0.1, 0.15) is 0 Å². The van der Waals surface area contributed by atoms with Gasteiger partial charge in [0.05, 0.1) is 36.9 Å². The van der Waals surface area contributed by atoms with E-state index in [2.05, 4.69) is 36.3 Å². The number of ether oxygens (including phenoxy) is 3. The van der Waals surface area contributed by atoms with Gasteiger partial charge in [-0.1, -0.05) is 53.7 Å². The van der Waals surface area contributed by atoms with Crippen molar-refractivity contribution in [2.75, 3.05) is 14.2 Å². The van der Waals surface area contributed by atoms with Gasteiger partial charge >= 0.3 is 5.97 Å². The molecule has 0 aliphatic carbocycles. The van der Waals surface area contributed by atoms with E-state index in [1.54, 1.807) is 31.0 Å². The molecule has 0 unspecified atom stereocenters. The van der Waals surface area contributed by atoms with Gasteiger partial charge < -0.3 is 14.2 Å². The minimum Gasteiger partial charge on any atom is -0.493 e. The Bertz CT molecular complexity index is 1280. The number of rotatable bonds is 8. The molecular weight excluding hydrogens is 448 g/mol. The Kier molecular flexibility index (Phi) is 7.23. The van der Waals surface area contributed by atoms with Crippen molar-refractivity contribution >= 4 is 17.7 Å². The van der Waals surface area contributed by atoms with Crippen molar-refractivity contribution in [3.63, 3.8) is 0 Å². The lowest BCUT2D eigenvalue weighted by Gasteiger charge is -2.12. The van der Waals surface area contributed by atoms with Crippen LogP contribution in [0.4, 0.5) is 0 Å². The van der Waals surface area contributed by atoms with E-state index in [1.807, 2.05) is 43.3 Å². The normalized spacial score (nSPS) is 10.7. The highest BCUT2D eigenvalue weighted by Crippen LogP contribution is 2.39. The van der Waals surface area contributed by atoms with Crippen molar-refractivity contribution < 1.29 is 19.0 Å². The van der Waals surface area contributed by atoms with Gasteiger partial charge in [-0.15, -0.1) is 0 Å². The molecule has 0 spiro atoms. The Morgan fingerprint density at radius 1 is 0.912 bits per heavy atom. The van der Waals surface area contributed by atoms with E-state index >= 15 is 0 Å². The molecule has 7 heteroatoms. The van der Waals surface area contributed by atoms with E-state index in [0.29, 0.717) is 17.4 Å². The Balaban J connectivity index is 1.66. The summed E-state index contributed by atoms with van der Waals surface area (Å²) in [6, 6.07) is 23.2. The molecule has 0 saturated carbocycles. The SMILES string of the molecule is COc1ccc(CC(=O)Oc2c(Sc3ccc(C)cc3)c(C)nn2-c2ccccc2)cc1OC. The van der Waals surface area contributed by atoms with Crippen LogP contribution in [-0.4, -0.2) is 30.0 Å². The molecule has 34 heavy (non-hydrogen) atoms. The lowest BCUT2D eigenvalue weighted by molar-refractivity contribution is -0.134. The van der Waals surface area contributed by atoms with Gasteiger partial charge in [0.25, 0.3) is 0 Å². The maximum Gasteiger partial charge on any atom is 0.317 e. The molecule has 0 bridgehead atoms. The summed E-state index contributed by atoms with van der Waals surface area (Å²) in [5.74, 6) is 1.18. The van der Waals surface area contributed by atoms with Crippen molar-refractivity contribution in [3.05, 3.63) is 89.6 Å². The van der Waals surface area contributed by atoms with Gasteiger partial charge in [0.2, 0.25) is 5.88 Å². The number of methoxy groups -OCH3 is 2. The second kappa shape index (κ2) is 10.5. The number of para-hydroxylation sites is 1. The van der Waals surface area contributed by atoms with Crippen LogP contribution in [0.5, 0.6) is 17.4 Å². The Morgan fingerprint density at radius 2 is 1.62 bits per heavy atom. The van der Waals surface area contributed by atoms with Gasteiger partial charge in [-0.3, -0.25) is 4.79 Å². The molecule has 0 saturated heterocycles. The molecule has 0 aliphatic heterocycles. The van der Waals surface area contributed by atoms with Crippen molar-refractivity contribution in [2.45, 2.75) is 30.1 Å². The van der Waals surface area contributed by atoms with Gasteiger partial charge in [-0.25, -0.2) is 0 Å². The Hall–Kier alpha value is -3.71. The van der Waals surface area contributed by atoms with Crippen LogP contribution in [0.15, 0.2) is 82.6 Å². The fourth-order valence-corrected chi connectivity index (χ4v) is 4.38. The first-order valence-electron chi connectivity index (χ1n) is 10.8. The topological polar surface area (TPSA) is 62.6 Å². The second-order valence-corrected chi connectivity index (χ2v) is 8.81. The summed E-state index contributed by atoms with van der Waals surface area (Å²) in [5.41, 5.74) is 3.54. The fraction of sp³-hybridized carbons (Fsp3) is 0.185. The highest BCUT2D eigenvalue weighted by atomic mass is 32.2. The predicted octanol–water partition coefficient (Wildman–Crippen LogP) is 5.81.